The van der Waals surface area contributed by atoms with Crippen molar-refractivity contribution in [2.45, 2.75) is 39.2 Å². The number of hydrogen-bond acceptors (Lipinski definition) is 2. The fourth-order valence-electron chi connectivity index (χ4n) is 2.44. The fraction of sp³-hybridized carbons (Fsp3) is 0.350. The molecule has 2 aromatic rings. The maximum atomic E-state index is 12.8. The highest BCUT2D eigenvalue weighted by Crippen LogP contribution is 2.15. The average molecular weight is 329 g/mol. The van der Waals surface area contributed by atoms with Crippen LogP contribution in [-0.4, -0.2) is 18.6 Å². The lowest BCUT2D eigenvalue weighted by molar-refractivity contribution is -0.128. The normalized spacial score (nSPS) is 11.8. The summed E-state index contributed by atoms with van der Waals surface area (Å²) in [5.41, 5.74) is 2.16. The molecule has 2 rings (SSSR count). The molecule has 0 fully saturated rings. The van der Waals surface area contributed by atoms with Gasteiger partial charge in [-0.25, -0.2) is 4.39 Å². The van der Waals surface area contributed by atoms with Crippen molar-refractivity contribution in [2.24, 2.45) is 0 Å². The minimum absolute atomic E-state index is 0.0990. The van der Waals surface area contributed by atoms with Crippen molar-refractivity contribution >= 4 is 5.91 Å². The summed E-state index contributed by atoms with van der Waals surface area (Å²) in [7, 11) is 0. The second-order valence-corrected chi connectivity index (χ2v) is 5.85. The summed E-state index contributed by atoms with van der Waals surface area (Å²) in [6, 6.07) is 14.1. The molecule has 0 aliphatic rings. The van der Waals surface area contributed by atoms with E-state index in [4.69, 9.17) is 4.74 Å². The summed E-state index contributed by atoms with van der Waals surface area (Å²) in [6.45, 7) is 4.49. The number of carbonyl (C=O) groups excluding carboxylic acids is 1. The number of amides is 1. The molecule has 0 radical (unpaired) electrons. The van der Waals surface area contributed by atoms with E-state index in [1.807, 2.05) is 38.1 Å². The average Bonchev–Trinajstić information content (AvgIpc) is 2.58. The third-order valence-electron chi connectivity index (χ3n) is 3.79. The molecule has 0 aliphatic carbocycles. The lowest BCUT2D eigenvalue weighted by Crippen LogP contribution is -2.38. The van der Waals surface area contributed by atoms with Crippen LogP contribution in [0, 0.1) is 12.7 Å². The largest absolute Gasteiger partial charge is 0.481 e. The molecule has 0 bridgehead atoms. The third kappa shape index (κ3) is 5.69. The van der Waals surface area contributed by atoms with Gasteiger partial charge in [0, 0.05) is 6.54 Å². The monoisotopic (exact) mass is 329 g/mol. The molecular formula is C20H24FNO2. The van der Waals surface area contributed by atoms with Gasteiger partial charge < -0.3 is 10.1 Å². The van der Waals surface area contributed by atoms with Gasteiger partial charge in [0.1, 0.15) is 11.6 Å². The molecule has 2 aromatic carbocycles. The predicted octanol–water partition coefficient (Wildman–Crippen LogP) is 4.04. The zero-order valence-electron chi connectivity index (χ0n) is 14.2. The Kier molecular flexibility index (Phi) is 6.79. The van der Waals surface area contributed by atoms with Crippen LogP contribution in [0.4, 0.5) is 4.39 Å². The highest BCUT2D eigenvalue weighted by atomic mass is 19.1. The van der Waals surface area contributed by atoms with E-state index in [9.17, 15) is 9.18 Å². The van der Waals surface area contributed by atoms with Crippen LogP contribution in [-0.2, 0) is 11.2 Å². The van der Waals surface area contributed by atoms with Crippen molar-refractivity contribution in [2.75, 3.05) is 6.54 Å². The lowest BCUT2D eigenvalue weighted by Gasteiger charge is -2.17. The fourth-order valence-corrected chi connectivity index (χ4v) is 2.44. The van der Waals surface area contributed by atoms with Crippen LogP contribution in [0.5, 0.6) is 5.75 Å². The van der Waals surface area contributed by atoms with E-state index < -0.39 is 6.10 Å². The minimum Gasteiger partial charge on any atom is -0.481 e. The molecule has 1 atom stereocenters. The number of aryl methyl sites for hydroxylation is 2. The Balaban J connectivity index is 1.76. The number of rotatable bonds is 8. The second kappa shape index (κ2) is 9.06. The van der Waals surface area contributed by atoms with Gasteiger partial charge in [0.15, 0.2) is 6.10 Å². The van der Waals surface area contributed by atoms with Gasteiger partial charge in [0.2, 0.25) is 0 Å². The SMILES string of the molecule is CCC(Oc1cccc(C)c1)C(=O)NCCCc1ccc(F)cc1. The highest BCUT2D eigenvalue weighted by molar-refractivity contribution is 5.81. The van der Waals surface area contributed by atoms with Crippen molar-refractivity contribution in [1.29, 1.82) is 0 Å². The van der Waals surface area contributed by atoms with Crippen LogP contribution in [0.15, 0.2) is 48.5 Å². The Bertz CT molecular complexity index is 655. The van der Waals surface area contributed by atoms with Crippen LogP contribution in [0.25, 0.3) is 0 Å². The lowest BCUT2D eigenvalue weighted by atomic mass is 10.1. The van der Waals surface area contributed by atoms with Gasteiger partial charge in [-0.15, -0.1) is 0 Å². The highest BCUT2D eigenvalue weighted by Gasteiger charge is 2.17. The zero-order chi connectivity index (χ0) is 17.4. The number of hydrogen-bond donors (Lipinski definition) is 1. The third-order valence-corrected chi connectivity index (χ3v) is 3.79. The van der Waals surface area contributed by atoms with Crippen molar-refractivity contribution < 1.29 is 13.9 Å². The summed E-state index contributed by atoms with van der Waals surface area (Å²) < 4.78 is 18.6. The summed E-state index contributed by atoms with van der Waals surface area (Å²) in [4.78, 5) is 12.2. The van der Waals surface area contributed by atoms with Crippen LogP contribution in [0.2, 0.25) is 0 Å². The molecule has 0 aliphatic heterocycles. The predicted molar refractivity (Wildman–Crippen MR) is 93.6 cm³/mol. The molecule has 0 heterocycles. The number of halogens is 1. The Morgan fingerprint density at radius 3 is 2.62 bits per heavy atom. The van der Waals surface area contributed by atoms with Crippen LogP contribution >= 0.6 is 0 Å². The number of benzene rings is 2. The van der Waals surface area contributed by atoms with E-state index in [2.05, 4.69) is 5.32 Å². The number of nitrogens with one attached hydrogen (secondary N) is 1. The summed E-state index contributed by atoms with van der Waals surface area (Å²) >= 11 is 0. The summed E-state index contributed by atoms with van der Waals surface area (Å²) in [5.74, 6) is 0.382. The molecule has 0 spiro atoms. The van der Waals surface area contributed by atoms with E-state index >= 15 is 0 Å². The maximum absolute atomic E-state index is 12.8. The van der Waals surface area contributed by atoms with E-state index in [-0.39, 0.29) is 11.7 Å². The number of ether oxygens (including phenoxy) is 1. The molecule has 3 nitrogen and oxygen atoms in total. The Labute approximate surface area is 142 Å². The molecule has 0 aromatic heterocycles. The molecule has 4 heteroatoms. The van der Waals surface area contributed by atoms with Gasteiger partial charge in [-0.1, -0.05) is 31.2 Å². The van der Waals surface area contributed by atoms with Gasteiger partial charge in [0.25, 0.3) is 5.91 Å². The van der Waals surface area contributed by atoms with Crippen molar-refractivity contribution in [3.8, 4) is 5.75 Å². The molecule has 1 N–H and O–H groups in total. The first-order valence-corrected chi connectivity index (χ1v) is 8.34. The molecule has 24 heavy (non-hydrogen) atoms. The van der Waals surface area contributed by atoms with Crippen LogP contribution in [0.1, 0.15) is 30.9 Å². The smallest absolute Gasteiger partial charge is 0.261 e. The molecule has 128 valence electrons. The first-order valence-electron chi connectivity index (χ1n) is 8.34. The summed E-state index contributed by atoms with van der Waals surface area (Å²) in [5, 5.41) is 2.91. The van der Waals surface area contributed by atoms with Crippen LogP contribution < -0.4 is 10.1 Å². The molecule has 1 amide bonds. The van der Waals surface area contributed by atoms with E-state index in [0.29, 0.717) is 18.7 Å². The molecule has 0 saturated heterocycles. The molecule has 1 unspecified atom stereocenters. The second-order valence-electron chi connectivity index (χ2n) is 5.85. The first-order chi connectivity index (χ1) is 11.6. The Hall–Kier alpha value is -2.36. The van der Waals surface area contributed by atoms with Gasteiger partial charge in [-0.3, -0.25) is 4.79 Å². The Morgan fingerprint density at radius 1 is 1.21 bits per heavy atom. The van der Waals surface area contributed by atoms with E-state index in [1.54, 1.807) is 12.1 Å². The minimum atomic E-state index is -0.488. The Morgan fingerprint density at radius 2 is 1.96 bits per heavy atom. The molecule has 0 saturated carbocycles. The van der Waals surface area contributed by atoms with E-state index in [1.165, 1.54) is 12.1 Å². The maximum Gasteiger partial charge on any atom is 0.261 e. The summed E-state index contributed by atoms with van der Waals surface area (Å²) in [6.07, 6.45) is 1.73. The van der Waals surface area contributed by atoms with Crippen molar-refractivity contribution in [3.05, 3.63) is 65.5 Å². The topological polar surface area (TPSA) is 38.3 Å². The standard InChI is InChI=1S/C20H24FNO2/c1-3-19(24-18-8-4-6-15(2)14-18)20(23)22-13-5-7-16-9-11-17(21)12-10-16/h4,6,8-12,14,19H,3,5,7,13H2,1-2H3,(H,22,23). The van der Waals surface area contributed by atoms with E-state index in [0.717, 1.165) is 24.0 Å². The molecular weight excluding hydrogens is 305 g/mol. The first kappa shape index (κ1) is 18.0. The van der Waals surface area contributed by atoms with Crippen molar-refractivity contribution in [3.63, 3.8) is 0 Å². The zero-order valence-corrected chi connectivity index (χ0v) is 14.2. The van der Waals surface area contributed by atoms with Gasteiger partial charge in [-0.05, 0) is 61.6 Å². The number of carbonyl (C=O) groups is 1. The van der Waals surface area contributed by atoms with Gasteiger partial charge in [-0.2, -0.15) is 0 Å². The van der Waals surface area contributed by atoms with Gasteiger partial charge >= 0.3 is 0 Å². The van der Waals surface area contributed by atoms with Crippen LogP contribution in [0.3, 0.4) is 0 Å². The van der Waals surface area contributed by atoms with Crippen molar-refractivity contribution in [1.82, 2.24) is 5.32 Å². The van der Waals surface area contributed by atoms with Gasteiger partial charge in [0.05, 0.1) is 0 Å². The quantitative estimate of drug-likeness (QED) is 0.742.